The van der Waals surface area contributed by atoms with Crippen LogP contribution in [0, 0.1) is 0 Å². The zero-order chi connectivity index (χ0) is 15.8. The monoisotopic (exact) mass is 295 g/mol. The van der Waals surface area contributed by atoms with Gasteiger partial charge in [0.2, 0.25) is 5.91 Å². The van der Waals surface area contributed by atoms with Crippen molar-refractivity contribution >= 4 is 23.6 Å². The summed E-state index contributed by atoms with van der Waals surface area (Å²) in [4.78, 5) is 33.6. The summed E-state index contributed by atoms with van der Waals surface area (Å²) in [5.41, 5.74) is -0.333. The predicted octanol–water partition coefficient (Wildman–Crippen LogP) is 0.738. The number of hydrogen-bond donors (Lipinski definition) is 5. The van der Waals surface area contributed by atoms with Gasteiger partial charge in [0.1, 0.15) is 5.56 Å². The molecule has 0 fully saturated rings. The molecule has 0 aliphatic heterocycles. The number of carbonyl (C=O) groups excluding carboxylic acids is 2. The van der Waals surface area contributed by atoms with E-state index in [9.17, 15) is 19.5 Å². The van der Waals surface area contributed by atoms with Gasteiger partial charge in [0.05, 0.1) is 5.69 Å². The lowest BCUT2D eigenvalue weighted by atomic mass is 10.2. The number of benzene rings is 1. The zero-order valence-corrected chi connectivity index (χ0v) is 11.5. The van der Waals surface area contributed by atoms with E-state index in [1.807, 2.05) is 0 Å². The number of aromatic hydroxyl groups is 1. The maximum absolute atomic E-state index is 11.6. The van der Waals surface area contributed by atoms with Crippen LogP contribution in [0.2, 0.25) is 0 Å². The second kappa shape index (κ2) is 7.73. The number of carboxylic acid groups (broad SMARTS) is 1. The van der Waals surface area contributed by atoms with E-state index in [0.29, 0.717) is 6.54 Å². The van der Waals surface area contributed by atoms with E-state index in [1.165, 1.54) is 18.2 Å². The van der Waals surface area contributed by atoms with Gasteiger partial charge in [-0.2, -0.15) is 0 Å². The van der Waals surface area contributed by atoms with Crippen molar-refractivity contribution in [3.8, 4) is 5.75 Å². The summed E-state index contributed by atoms with van der Waals surface area (Å²) in [7, 11) is 0. The van der Waals surface area contributed by atoms with Gasteiger partial charge in [-0.1, -0.05) is 6.07 Å². The van der Waals surface area contributed by atoms with Crippen LogP contribution < -0.4 is 16.0 Å². The Morgan fingerprint density at radius 2 is 1.90 bits per heavy atom. The number of carboxylic acids is 1. The van der Waals surface area contributed by atoms with Crippen LogP contribution in [-0.2, 0) is 4.79 Å². The molecule has 5 N–H and O–H groups in total. The number of para-hydroxylation sites is 1. The lowest BCUT2D eigenvalue weighted by Crippen LogP contribution is -2.33. The van der Waals surface area contributed by atoms with Gasteiger partial charge in [0.25, 0.3) is 0 Å². The van der Waals surface area contributed by atoms with E-state index in [0.717, 1.165) is 0 Å². The highest BCUT2D eigenvalue weighted by molar-refractivity contribution is 5.97. The van der Waals surface area contributed by atoms with Crippen LogP contribution >= 0.6 is 0 Å². The van der Waals surface area contributed by atoms with Crippen LogP contribution in [0.5, 0.6) is 5.75 Å². The summed E-state index contributed by atoms with van der Waals surface area (Å²) < 4.78 is 0. The van der Waals surface area contributed by atoms with Gasteiger partial charge in [0.15, 0.2) is 5.75 Å². The molecule has 0 unspecified atom stereocenters. The van der Waals surface area contributed by atoms with E-state index < -0.39 is 17.7 Å². The van der Waals surface area contributed by atoms with Crippen LogP contribution in [0.15, 0.2) is 18.2 Å². The highest BCUT2D eigenvalue weighted by Gasteiger charge is 2.14. The lowest BCUT2D eigenvalue weighted by Gasteiger charge is -2.10. The molecule has 0 bridgehead atoms. The van der Waals surface area contributed by atoms with Crippen molar-refractivity contribution in [1.29, 1.82) is 0 Å². The maximum Gasteiger partial charge on any atom is 0.339 e. The summed E-state index contributed by atoms with van der Waals surface area (Å²) >= 11 is 0. The van der Waals surface area contributed by atoms with Gasteiger partial charge in [-0.05, 0) is 19.1 Å². The molecule has 1 rings (SSSR count). The number of rotatable bonds is 6. The topological polar surface area (TPSA) is 128 Å². The van der Waals surface area contributed by atoms with Gasteiger partial charge in [-0.3, -0.25) is 4.79 Å². The summed E-state index contributed by atoms with van der Waals surface area (Å²) in [6, 6.07) is 3.34. The number of carbonyl (C=O) groups is 3. The van der Waals surface area contributed by atoms with Crippen molar-refractivity contribution in [2.45, 2.75) is 13.3 Å². The van der Waals surface area contributed by atoms with Crippen molar-refractivity contribution in [1.82, 2.24) is 10.6 Å². The summed E-state index contributed by atoms with van der Waals surface area (Å²) in [6.45, 7) is 2.42. The number of nitrogens with one attached hydrogen (secondary N) is 3. The van der Waals surface area contributed by atoms with Gasteiger partial charge in [0, 0.05) is 19.5 Å². The molecule has 21 heavy (non-hydrogen) atoms. The normalized spacial score (nSPS) is 9.76. The van der Waals surface area contributed by atoms with E-state index in [4.69, 9.17) is 5.11 Å². The first-order chi connectivity index (χ1) is 9.95. The highest BCUT2D eigenvalue weighted by Crippen LogP contribution is 2.27. The molecule has 0 aliphatic carbocycles. The second-order valence-electron chi connectivity index (χ2n) is 4.09. The van der Waals surface area contributed by atoms with Gasteiger partial charge in [-0.15, -0.1) is 0 Å². The third-order valence-corrected chi connectivity index (χ3v) is 2.53. The molecular weight excluding hydrogens is 278 g/mol. The predicted molar refractivity (Wildman–Crippen MR) is 75.4 cm³/mol. The second-order valence-corrected chi connectivity index (χ2v) is 4.09. The molecule has 0 saturated heterocycles. The smallest absolute Gasteiger partial charge is 0.339 e. The number of amides is 3. The minimum Gasteiger partial charge on any atom is -0.505 e. The van der Waals surface area contributed by atoms with E-state index in [1.54, 1.807) is 6.92 Å². The van der Waals surface area contributed by atoms with Crippen molar-refractivity contribution in [3.05, 3.63) is 23.8 Å². The summed E-state index contributed by atoms with van der Waals surface area (Å²) in [5.74, 6) is -2.01. The van der Waals surface area contributed by atoms with Crippen molar-refractivity contribution in [2.75, 3.05) is 18.4 Å². The Balaban J connectivity index is 2.54. The molecule has 8 nitrogen and oxygen atoms in total. The molecule has 114 valence electrons. The average molecular weight is 295 g/mol. The molecule has 0 radical (unpaired) electrons. The van der Waals surface area contributed by atoms with Crippen LogP contribution in [0.4, 0.5) is 10.5 Å². The minimum atomic E-state index is -1.30. The molecule has 0 heterocycles. The largest absolute Gasteiger partial charge is 0.505 e. The van der Waals surface area contributed by atoms with Gasteiger partial charge in [-0.25, -0.2) is 9.59 Å². The first kappa shape index (κ1) is 16.3. The third kappa shape index (κ3) is 5.01. The number of urea groups is 1. The average Bonchev–Trinajstić information content (AvgIpc) is 2.41. The molecule has 0 atom stereocenters. The first-order valence-electron chi connectivity index (χ1n) is 6.32. The van der Waals surface area contributed by atoms with Crippen LogP contribution in [0.3, 0.4) is 0 Å². The number of aromatic carboxylic acids is 1. The van der Waals surface area contributed by atoms with Crippen molar-refractivity contribution in [2.24, 2.45) is 0 Å². The lowest BCUT2D eigenvalue weighted by molar-refractivity contribution is -0.120. The Bertz CT molecular complexity index is 545. The maximum atomic E-state index is 11.6. The zero-order valence-electron chi connectivity index (χ0n) is 11.5. The van der Waals surface area contributed by atoms with Crippen molar-refractivity contribution < 1.29 is 24.6 Å². The standard InChI is InChI=1S/C13H17N3O5/c1-2-14-10(17)6-7-15-13(21)16-9-5-3-4-8(11(9)18)12(19)20/h3-5,18H,2,6-7H2,1H3,(H,14,17)(H,19,20)(H2,15,16,21). The fourth-order valence-electron chi connectivity index (χ4n) is 1.56. The molecule has 0 saturated carbocycles. The quantitative estimate of drug-likeness (QED) is 0.494. The molecular formula is C13H17N3O5. The molecule has 1 aromatic carbocycles. The molecule has 0 aliphatic rings. The number of hydrogen-bond acceptors (Lipinski definition) is 4. The fraction of sp³-hybridized carbons (Fsp3) is 0.308. The molecule has 8 heteroatoms. The Hall–Kier alpha value is -2.77. The number of phenols is 1. The SMILES string of the molecule is CCNC(=O)CCNC(=O)Nc1cccc(C(=O)O)c1O. The van der Waals surface area contributed by atoms with E-state index in [2.05, 4.69) is 16.0 Å². The first-order valence-corrected chi connectivity index (χ1v) is 6.32. The van der Waals surface area contributed by atoms with Crippen LogP contribution in [0.1, 0.15) is 23.7 Å². The van der Waals surface area contributed by atoms with Crippen LogP contribution in [0.25, 0.3) is 0 Å². The van der Waals surface area contributed by atoms with E-state index >= 15 is 0 Å². The fourth-order valence-corrected chi connectivity index (χ4v) is 1.56. The third-order valence-electron chi connectivity index (χ3n) is 2.53. The molecule has 3 amide bonds. The van der Waals surface area contributed by atoms with Crippen molar-refractivity contribution in [3.63, 3.8) is 0 Å². The summed E-state index contributed by atoms with van der Waals surface area (Å²) in [6.07, 6.45) is 0.127. The number of anilines is 1. The Morgan fingerprint density at radius 3 is 2.52 bits per heavy atom. The van der Waals surface area contributed by atoms with Crippen LogP contribution in [-0.4, -0.2) is 41.2 Å². The molecule has 1 aromatic rings. The van der Waals surface area contributed by atoms with Gasteiger partial charge >= 0.3 is 12.0 Å². The summed E-state index contributed by atoms with van der Waals surface area (Å²) in [5, 5.41) is 25.9. The Morgan fingerprint density at radius 1 is 1.19 bits per heavy atom. The van der Waals surface area contributed by atoms with Gasteiger partial charge < -0.3 is 26.2 Å². The highest BCUT2D eigenvalue weighted by atomic mass is 16.4. The molecule has 0 aromatic heterocycles. The Kier molecular flexibility index (Phi) is 5.99. The van der Waals surface area contributed by atoms with E-state index in [-0.39, 0.29) is 30.1 Å². The Labute approximate surface area is 121 Å². The minimum absolute atomic E-state index is 0.0228. The molecule has 0 spiro atoms.